The highest BCUT2D eigenvalue weighted by molar-refractivity contribution is 7.90. The summed E-state index contributed by atoms with van der Waals surface area (Å²) < 4.78 is 29.2. The highest BCUT2D eigenvalue weighted by Gasteiger charge is 2.13. The summed E-state index contributed by atoms with van der Waals surface area (Å²) in [6.45, 7) is 0. The quantitative estimate of drug-likeness (QED) is 0.318. The minimum Gasteiger partial charge on any atom is -0.481 e. The lowest BCUT2D eigenvalue weighted by Crippen LogP contribution is -2.08. The van der Waals surface area contributed by atoms with E-state index in [1.807, 2.05) is 24.3 Å². The monoisotopic (exact) mass is 514 g/mol. The maximum Gasteiger partial charge on any atom is 0.307 e. The first-order valence-electron chi connectivity index (χ1n) is 11.2. The van der Waals surface area contributed by atoms with Crippen molar-refractivity contribution in [3.8, 4) is 11.5 Å². The summed E-state index contributed by atoms with van der Waals surface area (Å²) in [5.41, 5.74) is 2.89. The van der Waals surface area contributed by atoms with Crippen molar-refractivity contribution in [1.29, 1.82) is 0 Å². The molecule has 0 amide bonds. The number of Topliss-reactive ketones (excluding diaryl/α,β-unsaturated/α-hetero) is 1. The first kappa shape index (κ1) is 26.4. The Balaban J connectivity index is 1.64. The second-order valence-electron chi connectivity index (χ2n) is 8.42. The van der Waals surface area contributed by atoms with Crippen LogP contribution in [0.1, 0.15) is 39.9 Å². The maximum atomic E-state index is 12.6. The van der Waals surface area contributed by atoms with Crippen LogP contribution in [0, 0.1) is 0 Å². The Morgan fingerprint density at radius 3 is 2.20 bits per heavy atom. The number of sulfone groups is 1. The van der Waals surface area contributed by atoms with Crippen LogP contribution in [-0.2, 0) is 33.9 Å². The van der Waals surface area contributed by atoms with E-state index in [9.17, 15) is 18.0 Å². The second-order valence-corrected chi connectivity index (χ2v) is 11.1. The third-order valence-corrected chi connectivity index (χ3v) is 6.61. The van der Waals surface area contributed by atoms with Gasteiger partial charge in [0, 0.05) is 23.3 Å². The fraction of sp³-hybridized carbons (Fsp3) is 0.259. The van der Waals surface area contributed by atoms with Gasteiger partial charge in [0.15, 0.2) is 5.78 Å². The molecular weight excluding hydrogens is 488 g/mol. The van der Waals surface area contributed by atoms with Crippen LogP contribution in [0.3, 0.4) is 0 Å². The molecule has 0 radical (unpaired) electrons. The van der Waals surface area contributed by atoms with Crippen LogP contribution >= 0.6 is 11.6 Å². The molecule has 0 saturated carbocycles. The standard InChI is InChI=1S/C27H27ClO6S/c1-35(32,33)16-15-22-17-20(18-27(30)31)7-14-26(22)34-24-12-8-21(9-13-24)25(29)4-2-3-19-5-10-23(28)11-6-19/h5-14,17H,2-4,15-16,18H2,1H3,(H,30,31). The molecular formula is C27H27ClO6S. The zero-order valence-corrected chi connectivity index (χ0v) is 20.9. The molecule has 35 heavy (non-hydrogen) atoms. The molecule has 1 N–H and O–H groups in total. The largest absolute Gasteiger partial charge is 0.481 e. The highest BCUT2D eigenvalue weighted by Crippen LogP contribution is 2.28. The molecule has 3 aromatic carbocycles. The van der Waals surface area contributed by atoms with Crippen molar-refractivity contribution in [3.63, 3.8) is 0 Å². The van der Waals surface area contributed by atoms with Crippen LogP contribution in [0.15, 0.2) is 66.7 Å². The van der Waals surface area contributed by atoms with Gasteiger partial charge in [0.2, 0.25) is 0 Å². The van der Waals surface area contributed by atoms with Gasteiger partial charge in [0.05, 0.1) is 12.2 Å². The number of carboxylic acids is 1. The number of carboxylic acid groups (broad SMARTS) is 1. The van der Waals surface area contributed by atoms with Gasteiger partial charge in [-0.3, -0.25) is 9.59 Å². The Bertz CT molecular complexity index is 1280. The lowest BCUT2D eigenvalue weighted by atomic mass is 10.0. The van der Waals surface area contributed by atoms with Crippen LogP contribution in [-0.4, -0.2) is 37.3 Å². The fourth-order valence-electron chi connectivity index (χ4n) is 3.59. The van der Waals surface area contributed by atoms with Gasteiger partial charge in [-0.05, 0) is 78.4 Å². The Kier molecular flexibility index (Phi) is 9.07. The molecule has 0 aliphatic rings. The SMILES string of the molecule is CS(=O)(=O)CCc1cc(CC(=O)O)ccc1Oc1ccc(C(=O)CCCc2ccc(Cl)cc2)cc1. The molecule has 8 heteroatoms. The van der Waals surface area contributed by atoms with Crippen molar-refractivity contribution in [2.75, 3.05) is 12.0 Å². The van der Waals surface area contributed by atoms with E-state index in [4.69, 9.17) is 21.4 Å². The molecule has 0 aromatic heterocycles. The van der Waals surface area contributed by atoms with E-state index in [0.717, 1.165) is 24.7 Å². The molecule has 0 heterocycles. The number of carbonyl (C=O) groups excluding carboxylic acids is 1. The Morgan fingerprint density at radius 1 is 0.914 bits per heavy atom. The molecule has 0 fully saturated rings. The average molecular weight is 515 g/mol. The normalized spacial score (nSPS) is 11.3. The molecule has 0 aliphatic heterocycles. The number of rotatable bonds is 12. The zero-order chi connectivity index (χ0) is 25.4. The number of hydrogen-bond acceptors (Lipinski definition) is 5. The predicted octanol–water partition coefficient (Wildman–Crippen LogP) is 5.55. The summed E-state index contributed by atoms with van der Waals surface area (Å²) >= 11 is 5.90. The number of ketones is 1. The van der Waals surface area contributed by atoms with Crippen molar-refractivity contribution >= 4 is 33.2 Å². The maximum absolute atomic E-state index is 12.6. The number of aryl methyl sites for hydroxylation is 2. The van der Waals surface area contributed by atoms with Crippen molar-refractivity contribution in [3.05, 3.63) is 94.0 Å². The van der Waals surface area contributed by atoms with Crippen molar-refractivity contribution in [2.45, 2.75) is 32.1 Å². The number of halogens is 1. The van der Waals surface area contributed by atoms with E-state index in [1.165, 1.54) is 0 Å². The molecule has 3 aromatic rings. The summed E-state index contributed by atoms with van der Waals surface area (Å²) in [4.78, 5) is 23.6. The van der Waals surface area contributed by atoms with E-state index >= 15 is 0 Å². The van der Waals surface area contributed by atoms with Crippen molar-refractivity contribution < 1.29 is 27.9 Å². The van der Waals surface area contributed by atoms with Gasteiger partial charge in [-0.25, -0.2) is 8.42 Å². The molecule has 0 spiro atoms. The van der Waals surface area contributed by atoms with Gasteiger partial charge < -0.3 is 9.84 Å². The van der Waals surface area contributed by atoms with Crippen LogP contribution in [0.25, 0.3) is 0 Å². The van der Waals surface area contributed by atoms with Gasteiger partial charge in [-0.1, -0.05) is 35.9 Å². The number of benzene rings is 3. The Hall–Kier alpha value is -3.16. The molecule has 184 valence electrons. The third kappa shape index (κ3) is 8.85. The summed E-state index contributed by atoms with van der Waals surface area (Å²) in [5.74, 6) is -0.0683. The topological polar surface area (TPSA) is 97.7 Å². The molecule has 6 nitrogen and oxygen atoms in total. The van der Waals surface area contributed by atoms with Crippen LogP contribution in [0.4, 0.5) is 0 Å². The highest BCUT2D eigenvalue weighted by atomic mass is 35.5. The van der Waals surface area contributed by atoms with Gasteiger partial charge in [-0.15, -0.1) is 0 Å². The van der Waals surface area contributed by atoms with E-state index in [0.29, 0.717) is 39.6 Å². The summed E-state index contributed by atoms with van der Waals surface area (Å²) in [7, 11) is -3.21. The third-order valence-electron chi connectivity index (χ3n) is 5.41. The smallest absolute Gasteiger partial charge is 0.307 e. The minimum atomic E-state index is -3.21. The van der Waals surface area contributed by atoms with E-state index in [1.54, 1.807) is 42.5 Å². The number of ether oxygens (including phenoxy) is 1. The summed E-state index contributed by atoms with van der Waals surface area (Å²) in [5, 5.41) is 9.74. The van der Waals surface area contributed by atoms with Crippen LogP contribution < -0.4 is 4.74 Å². The molecule has 0 aliphatic carbocycles. The summed E-state index contributed by atoms with van der Waals surface area (Å²) in [6, 6.07) is 19.3. The van der Waals surface area contributed by atoms with Crippen LogP contribution in [0.5, 0.6) is 11.5 Å². The van der Waals surface area contributed by atoms with E-state index < -0.39 is 15.8 Å². The first-order chi connectivity index (χ1) is 16.6. The zero-order valence-electron chi connectivity index (χ0n) is 19.4. The van der Waals surface area contributed by atoms with Gasteiger partial charge >= 0.3 is 5.97 Å². The van der Waals surface area contributed by atoms with E-state index in [2.05, 4.69) is 0 Å². The lowest BCUT2D eigenvalue weighted by molar-refractivity contribution is -0.136. The van der Waals surface area contributed by atoms with Gasteiger partial charge in [0.25, 0.3) is 0 Å². The van der Waals surface area contributed by atoms with Crippen LogP contribution in [0.2, 0.25) is 5.02 Å². The lowest BCUT2D eigenvalue weighted by Gasteiger charge is -2.13. The van der Waals surface area contributed by atoms with Crippen molar-refractivity contribution in [2.24, 2.45) is 0 Å². The number of aliphatic carboxylic acids is 1. The Morgan fingerprint density at radius 2 is 1.57 bits per heavy atom. The van der Waals surface area contributed by atoms with Gasteiger partial charge in [0.1, 0.15) is 21.3 Å². The Labute approximate surface area is 210 Å². The molecule has 0 atom stereocenters. The minimum absolute atomic E-state index is 0.0392. The molecule has 0 saturated heterocycles. The molecule has 3 rings (SSSR count). The fourth-order valence-corrected chi connectivity index (χ4v) is 4.31. The predicted molar refractivity (Wildman–Crippen MR) is 136 cm³/mol. The molecule has 0 unspecified atom stereocenters. The summed E-state index contributed by atoms with van der Waals surface area (Å²) in [6.07, 6.45) is 3.12. The molecule has 0 bridgehead atoms. The average Bonchev–Trinajstić information content (AvgIpc) is 2.80. The number of hydrogen-bond donors (Lipinski definition) is 1. The first-order valence-corrected chi connectivity index (χ1v) is 13.6. The second kappa shape index (κ2) is 12.0. The van der Waals surface area contributed by atoms with Crippen molar-refractivity contribution in [1.82, 2.24) is 0 Å². The van der Waals surface area contributed by atoms with E-state index in [-0.39, 0.29) is 24.4 Å². The van der Waals surface area contributed by atoms with Gasteiger partial charge in [-0.2, -0.15) is 0 Å². The number of carbonyl (C=O) groups is 2.